The molecule has 1 amide bonds. The van der Waals surface area contributed by atoms with E-state index >= 15 is 0 Å². The molecule has 0 saturated carbocycles. The van der Waals surface area contributed by atoms with E-state index in [1.807, 2.05) is 0 Å². The summed E-state index contributed by atoms with van der Waals surface area (Å²) in [5.41, 5.74) is 0.573. The zero-order chi connectivity index (χ0) is 11.3. The van der Waals surface area contributed by atoms with Crippen LogP contribution in [0.15, 0.2) is 30.3 Å². The molecule has 0 saturated heterocycles. The van der Waals surface area contributed by atoms with Gasteiger partial charge in [0.2, 0.25) is 13.9 Å². The maximum Gasteiger partial charge on any atom is 0.237 e. The van der Waals surface area contributed by atoms with Crippen molar-refractivity contribution >= 4 is 20.2 Å². The summed E-state index contributed by atoms with van der Waals surface area (Å²) in [4.78, 5) is 21.8. The Kier molecular flexibility index (Phi) is 4.06. The molecule has 2 radical (unpaired) electrons. The Morgan fingerprint density at radius 3 is 2.47 bits per heavy atom. The van der Waals surface area contributed by atoms with Crippen LogP contribution in [0, 0.1) is 0 Å². The minimum absolute atomic E-state index is 0.523. The van der Waals surface area contributed by atoms with Gasteiger partial charge < -0.3 is 15.1 Å². The SMILES string of the molecule is [B]NC(=O)C(O)C(C=O)c1ccccc1. The summed E-state index contributed by atoms with van der Waals surface area (Å²) in [7, 11) is 4.87. The Hall–Kier alpha value is -1.62. The summed E-state index contributed by atoms with van der Waals surface area (Å²) in [6, 6.07) is 8.54. The maximum absolute atomic E-state index is 11.0. The van der Waals surface area contributed by atoms with Crippen molar-refractivity contribution in [3.8, 4) is 0 Å². The van der Waals surface area contributed by atoms with Crippen molar-refractivity contribution in [1.29, 1.82) is 0 Å². The third-order valence-electron chi connectivity index (χ3n) is 2.08. The van der Waals surface area contributed by atoms with Crippen molar-refractivity contribution < 1.29 is 14.7 Å². The van der Waals surface area contributed by atoms with E-state index in [2.05, 4.69) is 0 Å². The first-order valence-electron chi connectivity index (χ1n) is 4.39. The third-order valence-corrected chi connectivity index (χ3v) is 2.08. The molecule has 0 spiro atoms. The van der Waals surface area contributed by atoms with Gasteiger partial charge in [0.25, 0.3) is 0 Å². The zero-order valence-electron chi connectivity index (χ0n) is 7.96. The zero-order valence-corrected chi connectivity index (χ0v) is 7.96. The first-order valence-corrected chi connectivity index (χ1v) is 4.39. The number of benzene rings is 1. The molecule has 15 heavy (non-hydrogen) atoms. The molecule has 2 N–H and O–H groups in total. The summed E-state index contributed by atoms with van der Waals surface area (Å²) in [5, 5.41) is 11.3. The van der Waals surface area contributed by atoms with Gasteiger partial charge in [0.1, 0.15) is 12.4 Å². The second-order valence-corrected chi connectivity index (χ2v) is 3.03. The highest BCUT2D eigenvalue weighted by molar-refractivity contribution is 6.15. The predicted molar refractivity (Wildman–Crippen MR) is 55.2 cm³/mol. The van der Waals surface area contributed by atoms with Crippen molar-refractivity contribution in [3.05, 3.63) is 35.9 Å². The first kappa shape index (κ1) is 11.5. The number of aliphatic hydroxyl groups is 1. The van der Waals surface area contributed by atoms with Crippen LogP contribution in [0.2, 0.25) is 0 Å². The molecule has 0 fully saturated rings. The van der Waals surface area contributed by atoms with Crippen LogP contribution in [0.5, 0.6) is 0 Å². The van der Waals surface area contributed by atoms with Crippen LogP contribution in [-0.4, -0.2) is 31.4 Å². The number of nitrogens with one attached hydrogen (secondary N) is 1. The number of aldehydes is 1. The van der Waals surface area contributed by atoms with Crippen molar-refractivity contribution in [2.75, 3.05) is 0 Å². The molecule has 0 bridgehead atoms. The summed E-state index contributed by atoms with van der Waals surface area (Å²) in [6.45, 7) is 0. The fraction of sp³-hybridized carbons (Fsp3) is 0.200. The van der Waals surface area contributed by atoms with Crippen LogP contribution in [-0.2, 0) is 9.59 Å². The van der Waals surface area contributed by atoms with Gasteiger partial charge in [-0.05, 0) is 5.56 Å². The van der Waals surface area contributed by atoms with Gasteiger partial charge in [-0.3, -0.25) is 4.79 Å². The van der Waals surface area contributed by atoms with Gasteiger partial charge in [-0.1, -0.05) is 30.3 Å². The molecule has 0 aliphatic heterocycles. The molecule has 0 aliphatic rings. The van der Waals surface area contributed by atoms with Gasteiger partial charge in [0.05, 0.1) is 5.92 Å². The van der Waals surface area contributed by atoms with Crippen LogP contribution in [0.1, 0.15) is 11.5 Å². The molecule has 1 aromatic carbocycles. The number of carbonyl (C=O) groups excluding carboxylic acids is 2. The van der Waals surface area contributed by atoms with E-state index in [0.717, 1.165) is 0 Å². The minimum Gasteiger partial charge on any atom is -0.407 e. The molecule has 1 aromatic rings. The molecule has 2 atom stereocenters. The quantitative estimate of drug-likeness (QED) is 0.513. The number of hydrogen-bond acceptors (Lipinski definition) is 3. The first-order chi connectivity index (χ1) is 7.20. The molecule has 0 aliphatic carbocycles. The molecular formula is C10H10BNO3. The van der Waals surface area contributed by atoms with Gasteiger partial charge in [-0.25, -0.2) is 0 Å². The summed E-state index contributed by atoms with van der Waals surface area (Å²) in [5.74, 6) is -1.68. The van der Waals surface area contributed by atoms with Crippen LogP contribution in [0.3, 0.4) is 0 Å². The molecule has 2 unspecified atom stereocenters. The van der Waals surface area contributed by atoms with Crippen molar-refractivity contribution in [3.63, 3.8) is 0 Å². The Labute approximate surface area is 88.7 Å². The van der Waals surface area contributed by atoms with Gasteiger partial charge in [0.15, 0.2) is 0 Å². The number of rotatable bonds is 4. The smallest absolute Gasteiger partial charge is 0.237 e. The molecule has 0 aromatic heterocycles. The number of carbonyl (C=O) groups is 2. The summed E-state index contributed by atoms with van der Waals surface area (Å²) >= 11 is 0. The number of amides is 1. The molecule has 76 valence electrons. The standard InChI is InChI=1S/C10H10BNO3/c11-12-10(15)9(14)8(6-13)7-4-2-1-3-5-7/h1-6,8-9,14H,(H,12,15). The van der Waals surface area contributed by atoms with E-state index in [1.165, 1.54) is 0 Å². The van der Waals surface area contributed by atoms with Crippen LogP contribution < -0.4 is 5.23 Å². The van der Waals surface area contributed by atoms with Crippen LogP contribution in [0.4, 0.5) is 0 Å². The lowest BCUT2D eigenvalue weighted by atomic mass is 9.94. The Bertz CT molecular complexity index is 342. The topological polar surface area (TPSA) is 66.4 Å². The normalized spacial score (nSPS) is 13.9. The summed E-state index contributed by atoms with van der Waals surface area (Å²) < 4.78 is 0. The fourth-order valence-corrected chi connectivity index (χ4v) is 1.26. The third kappa shape index (κ3) is 2.67. The van der Waals surface area contributed by atoms with Gasteiger partial charge >= 0.3 is 0 Å². The second-order valence-electron chi connectivity index (χ2n) is 3.03. The summed E-state index contributed by atoms with van der Waals surface area (Å²) in [6.07, 6.45) is -0.940. The maximum atomic E-state index is 11.0. The van der Waals surface area contributed by atoms with Gasteiger partial charge in [-0.2, -0.15) is 0 Å². The lowest BCUT2D eigenvalue weighted by Gasteiger charge is -2.16. The Morgan fingerprint density at radius 2 is 2.00 bits per heavy atom. The van der Waals surface area contributed by atoms with Crippen molar-refractivity contribution in [1.82, 2.24) is 5.23 Å². The highest BCUT2D eigenvalue weighted by Gasteiger charge is 2.25. The molecule has 1 rings (SSSR count). The van der Waals surface area contributed by atoms with Crippen molar-refractivity contribution in [2.24, 2.45) is 0 Å². The van der Waals surface area contributed by atoms with Crippen LogP contribution >= 0.6 is 0 Å². The Balaban J connectivity index is 2.89. The predicted octanol–water partition coefficient (Wildman–Crippen LogP) is -0.470. The molecular weight excluding hydrogens is 193 g/mol. The second kappa shape index (κ2) is 5.31. The highest BCUT2D eigenvalue weighted by Crippen LogP contribution is 2.17. The van der Waals surface area contributed by atoms with Crippen molar-refractivity contribution in [2.45, 2.75) is 12.0 Å². The highest BCUT2D eigenvalue weighted by atomic mass is 16.3. The average Bonchev–Trinajstić information content (AvgIpc) is 2.30. The number of aliphatic hydroxyl groups excluding tert-OH is 1. The minimum atomic E-state index is -1.46. The van der Waals surface area contributed by atoms with Gasteiger partial charge in [0, 0.05) is 0 Å². The number of hydrogen-bond donors (Lipinski definition) is 2. The average molecular weight is 203 g/mol. The van der Waals surface area contributed by atoms with Crippen LogP contribution in [0.25, 0.3) is 0 Å². The molecule has 4 nitrogen and oxygen atoms in total. The molecule has 0 heterocycles. The van der Waals surface area contributed by atoms with E-state index in [0.29, 0.717) is 11.8 Å². The van der Waals surface area contributed by atoms with E-state index in [9.17, 15) is 14.7 Å². The van der Waals surface area contributed by atoms with E-state index in [1.54, 1.807) is 35.6 Å². The fourth-order valence-electron chi connectivity index (χ4n) is 1.26. The van der Waals surface area contributed by atoms with Gasteiger partial charge in [-0.15, -0.1) is 0 Å². The molecule has 5 heteroatoms. The Morgan fingerprint density at radius 1 is 1.40 bits per heavy atom. The van der Waals surface area contributed by atoms with E-state index < -0.39 is 17.9 Å². The lowest BCUT2D eigenvalue weighted by molar-refractivity contribution is -0.131. The van der Waals surface area contributed by atoms with E-state index in [-0.39, 0.29) is 0 Å². The lowest BCUT2D eigenvalue weighted by Crippen LogP contribution is -2.37. The largest absolute Gasteiger partial charge is 0.407 e. The van der Waals surface area contributed by atoms with E-state index in [4.69, 9.17) is 7.98 Å². The monoisotopic (exact) mass is 203 g/mol.